The summed E-state index contributed by atoms with van der Waals surface area (Å²) >= 11 is 0. The molecule has 0 aromatic heterocycles. The Hall–Kier alpha value is -1.03. The van der Waals surface area contributed by atoms with E-state index in [1.54, 1.807) is 12.3 Å². The minimum Gasteiger partial charge on any atom is -0.322 e. The second-order valence-corrected chi connectivity index (χ2v) is 1.19. The molecule has 0 atom stereocenters. The molecule has 8 heavy (non-hydrogen) atoms. The molecule has 4 nitrogen and oxygen atoms in total. The van der Waals surface area contributed by atoms with Gasteiger partial charge < -0.3 is 5.84 Å². The molecule has 0 aromatic carbocycles. The standard InChI is InChI=1S/C4H10N4/c1-2-3-8(6)4-7-5/h2-4H,5-6H2,1H3/b3-2+,7-4-. The number of nitrogens with zero attached hydrogens (tertiary/aromatic N) is 2. The molecule has 0 unspecified atom stereocenters. The van der Waals surface area contributed by atoms with E-state index in [2.05, 4.69) is 5.10 Å². The van der Waals surface area contributed by atoms with Crippen LogP contribution in [0.3, 0.4) is 0 Å². The van der Waals surface area contributed by atoms with Gasteiger partial charge in [0.2, 0.25) is 0 Å². The van der Waals surface area contributed by atoms with Crippen LogP contribution in [-0.2, 0) is 0 Å². The largest absolute Gasteiger partial charge is 0.322 e. The Morgan fingerprint density at radius 1 is 1.62 bits per heavy atom. The average molecular weight is 114 g/mol. The molecule has 0 aliphatic heterocycles. The van der Waals surface area contributed by atoms with Crippen molar-refractivity contribution in [3.05, 3.63) is 12.3 Å². The van der Waals surface area contributed by atoms with Crippen molar-refractivity contribution in [1.82, 2.24) is 5.01 Å². The zero-order valence-electron chi connectivity index (χ0n) is 4.78. The Labute approximate surface area is 48.4 Å². The van der Waals surface area contributed by atoms with Crippen LogP contribution in [0.1, 0.15) is 6.92 Å². The van der Waals surface area contributed by atoms with Gasteiger partial charge in [0.05, 0.1) is 0 Å². The Bertz CT molecular complexity index is 84.2. The van der Waals surface area contributed by atoms with Gasteiger partial charge in [-0.3, -0.25) is 5.01 Å². The molecule has 4 heteroatoms. The van der Waals surface area contributed by atoms with Gasteiger partial charge in [0.1, 0.15) is 6.34 Å². The number of nitrogens with two attached hydrogens (primary N) is 2. The summed E-state index contributed by atoms with van der Waals surface area (Å²) in [4.78, 5) is 0. The number of hydrogen-bond donors (Lipinski definition) is 2. The highest BCUT2D eigenvalue weighted by atomic mass is 15.4. The van der Waals surface area contributed by atoms with Crippen LogP contribution in [0.4, 0.5) is 0 Å². The second-order valence-electron chi connectivity index (χ2n) is 1.19. The summed E-state index contributed by atoms with van der Waals surface area (Å²) in [5.41, 5.74) is 0. The number of hydrogen-bond acceptors (Lipinski definition) is 3. The molecule has 0 radical (unpaired) electrons. The molecular formula is C4H10N4. The van der Waals surface area contributed by atoms with Crippen LogP contribution in [0.2, 0.25) is 0 Å². The van der Waals surface area contributed by atoms with E-state index in [1.807, 2.05) is 6.92 Å². The fourth-order valence-corrected chi connectivity index (χ4v) is 0.288. The molecule has 46 valence electrons. The van der Waals surface area contributed by atoms with Gasteiger partial charge in [-0.15, -0.1) is 0 Å². The van der Waals surface area contributed by atoms with Gasteiger partial charge in [-0.25, -0.2) is 5.84 Å². The third-order valence-corrected chi connectivity index (χ3v) is 0.521. The number of allylic oxidation sites excluding steroid dienone is 1. The van der Waals surface area contributed by atoms with Crippen molar-refractivity contribution in [2.75, 3.05) is 0 Å². The number of hydrazone groups is 1. The molecule has 0 aromatic rings. The Balaban J connectivity index is 3.47. The zero-order chi connectivity index (χ0) is 6.41. The zero-order valence-corrected chi connectivity index (χ0v) is 4.78. The van der Waals surface area contributed by atoms with E-state index in [0.717, 1.165) is 0 Å². The van der Waals surface area contributed by atoms with Crippen LogP contribution in [0.25, 0.3) is 0 Å². The van der Waals surface area contributed by atoms with Crippen LogP contribution < -0.4 is 11.7 Å². The number of rotatable bonds is 2. The van der Waals surface area contributed by atoms with E-state index in [9.17, 15) is 0 Å². The SMILES string of the molecule is C/C=C/N(N)/C=N\N. The quantitative estimate of drug-likeness (QED) is 0.222. The first-order valence-corrected chi connectivity index (χ1v) is 2.20. The van der Waals surface area contributed by atoms with Crippen molar-refractivity contribution in [2.24, 2.45) is 16.8 Å². The minimum absolute atomic E-state index is 1.26. The number of hydrazine groups is 1. The fraction of sp³-hybridized carbons (Fsp3) is 0.250. The van der Waals surface area contributed by atoms with E-state index in [1.165, 1.54) is 11.3 Å². The molecule has 0 aliphatic rings. The lowest BCUT2D eigenvalue weighted by Gasteiger charge is -2.01. The van der Waals surface area contributed by atoms with E-state index in [-0.39, 0.29) is 0 Å². The molecule has 0 rings (SSSR count). The molecule has 0 heterocycles. The lowest BCUT2D eigenvalue weighted by Crippen LogP contribution is -2.23. The highest BCUT2D eigenvalue weighted by Gasteiger charge is 1.76. The predicted octanol–water partition coefficient (Wildman–Crippen LogP) is -0.402. The first-order valence-electron chi connectivity index (χ1n) is 2.20. The second kappa shape index (κ2) is 4.14. The van der Waals surface area contributed by atoms with Crippen molar-refractivity contribution < 1.29 is 0 Å². The van der Waals surface area contributed by atoms with Gasteiger partial charge in [-0.2, -0.15) is 5.10 Å². The van der Waals surface area contributed by atoms with Crippen molar-refractivity contribution >= 4 is 6.34 Å². The maximum atomic E-state index is 5.21. The molecular weight excluding hydrogens is 104 g/mol. The molecule has 0 amide bonds. The Kier molecular flexibility index (Phi) is 3.60. The van der Waals surface area contributed by atoms with Crippen LogP contribution in [0, 0.1) is 0 Å². The third kappa shape index (κ3) is 3.17. The molecule has 4 N–H and O–H groups in total. The van der Waals surface area contributed by atoms with Crippen LogP contribution in [0.15, 0.2) is 17.4 Å². The summed E-state index contributed by atoms with van der Waals surface area (Å²) in [5, 5.41) is 4.44. The first kappa shape index (κ1) is 6.97. The van der Waals surface area contributed by atoms with Crippen molar-refractivity contribution in [1.29, 1.82) is 0 Å². The molecule has 0 saturated carbocycles. The summed E-state index contributed by atoms with van der Waals surface area (Å²) in [6, 6.07) is 0. The highest BCUT2D eigenvalue weighted by Crippen LogP contribution is 1.71. The van der Waals surface area contributed by atoms with Gasteiger partial charge in [-0.1, -0.05) is 6.08 Å². The van der Waals surface area contributed by atoms with E-state index < -0.39 is 0 Å². The molecule has 0 spiro atoms. The monoisotopic (exact) mass is 114 g/mol. The van der Waals surface area contributed by atoms with Crippen molar-refractivity contribution in [3.63, 3.8) is 0 Å². The summed E-state index contributed by atoms with van der Waals surface area (Å²) in [7, 11) is 0. The predicted molar refractivity (Wildman–Crippen MR) is 33.5 cm³/mol. The Morgan fingerprint density at radius 2 is 2.25 bits per heavy atom. The molecule has 0 aliphatic carbocycles. The fourth-order valence-electron chi connectivity index (χ4n) is 0.288. The van der Waals surface area contributed by atoms with Gasteiger partial charge >= 0.3 is 0 Å². The third-order valence-electron chi connectivity index (χ3n) is 0.521. The highest BCUT2D eigenvalue weighted by molar-refractivity contribution is 5.54. The van der Waals surface area contributed by atoms with Crippen molar-refractivity contribution in [3.8, 4) is 0 Å². The summed E-state index contributed by atoms with van der Waals surface area (Å²) in [6.07, 6.45) is 4.72. The maximum absolute atomic E-state index is 5.21. The van der Waals surface area contributed by atoms with E-state index >= 15 is 0 Å². The lowest BCUT2D eigenvalue weighted by molar-refractivity contribution is 0.611. The maximum Gasteiger partial charge on any atom is 0.129 e. The minimum atomic E-state index is 1.26. The van der Waals surface area contributed by atoms with Crippen LogP contribution in [0.5, 0.6) is 0 Å². The normalized spacial score (nSPS) is 11.2. The van der Waals surface area contributed by atoms with Crippen LogP contribution in [-0.4, -0.2) is 11.3 Å². The molecule has 0 fully saturated rings. The summed E-state index contributed by atoms with van der Waals surface area (Å²) in [5.74, 6) is 9.99. The van der Waals surface area contributed by atoms with Gasteiger partial charge in [0.15, 0.2) is 0 Å². The summed E-state index contributed by atoms with van der Waals surface area (Å²) < 4.78 is 0. The Morgan fingerprint density at radius 3 is 2.62 bits per heavy atom. The molecule has 0 saturated heterocycles. The van der Waals surface area contributed by atoms with Crippen molar-refractivity contribution in [2.45, 2.75) is 6.92 Å². The average Bonchev–Trinajstić information content (AvgIpc) is 1.68. The molecule has 0 bridgehead atoms. The smallest absolute Gasteiger partial charge is 0.129 e. The van der Waals surface area contributed by atoms with Crippen LogP contribution >= 0.6 is 0 Å². The van der Waals surface area contributed by atoms with Gasteiger partial charge in [-0.05, 0) is 6.92 Å². The van der Waals surface area contributed by atoms with Gasteiger partial charge in [0.25, 0.3) is 0 Å². The first-order chi connectivity index (χ1) is 3.81. The topological polar surface area (TPSA) is 67.6 Å². The van der Waals surface area contributed by atoms with Gasteiger partial charge in [0, 0.05) is 6.20 Å². The summed E-state index contributed by atoms with van der Waals surface area (Å²) in [6.45, 7) is 1.85. The van der Waals surface area contributed by atoms with E-state index in [0.29, 0.717) is 0 Å². The lowest BCUT2D eigenvalue weighted by atomic mass is 10.7. The van der Waals surface area contributed by atoms with E-state index in [4.69, 9.17) is 11.7 Å².